The third kappa shape index (κ3) is 2.33. The highest BCUT2D eigenvalue weighted by Crippen LogP contribution is 2.45. The molecule has 2 aliphatic heterocycles. The summed E-state index contributed by atoms with van der Waals surface area (Å²) in [4.78, 5) is 30.3. The van der Waals surface area contributed by atoms with Gasteiger partial charge in [0.15, 0.2) is 10.0 Å². The zero-order valence-electron chi connectivity index (χ0n) is 12.8. The second-order valence-electron chi connectivity index (χ2n) is 5.81. The van der Waals surface area contributed by atoms with E-state index in [1.165, 1.54) is 16.9 Å². The van der Waals surface area contributed by atoms with Crippen LogP contribution in [0.3, 0.4) is 0 Å². The van der Waals surface area contributed by atoms with Crippen LogP contribution in [-0.2, 0) is 16.0 Å². The summed E-state index contributed by atoms with van der Waals surface area (Å²) in [5.41, 5.74) is 2.16. The number of anilines is 1. The van der Waals surface area contributed by atoms with Crippen LogP contribution in [0.2, 0.25) is 0 Å². The van der Waals surface area contributed by atoms with Crippen LogP contribution in [0.4, 0.5) is 5.13 Å². The van der Waals surface area contributed by atoms with Gasteiger partial charge in [0, 0.05) is 18.7 Å². The van der Waals surface area contributed by atoms with Crippen molar-refractivity contribution in [2.45, 2.75) is 31.1 Å². The predicted octanol–water partition coefficient (Wildman–Crippen LogP) is 2.86. The maximum atomic E-state index is 12.8. The summed E-state index contributed by atoms with van der Waals surface area (Å²) < 4.78 is 1.08. The van der Waals surface area contributed by atoms with Gasteiger partial charge >= 0.3 is 0 Å². The molecule has 2 saturated heterocycles. The Morgan fingerprint density at radius 3 is 3.17 bits per heavy atom. The van der Waals surface area contributed by atoms with E-state index in [9.17, 15) is 9.59 Å². The Bertz CT molecular complexity index is 804. The lowest BCUT2D eigenvalue weighted by Gasteiger charge is -2.28. The number of thioether (sulfide) groups is 1. The normalized spacial score (nSPS) is 23.5. The zero-order chi connectivity index (χ0) is 16.0. The first-order valence-electron chi connectivity index (χ1n) is 7.78. The molecule has 0 radical (unpaired) electrons. The second kappa shape index (κ2) is 5.49. The van der Waals surface area contributed by atoms with Gasteiger partial charge in [-0.15, -0.1) is 11.8 Å². The number of amides is 2. The molecule has 5 nitrogen and oxygen atoms in total. The lowest BCUT2D eigenvalue weighted by atomic mass is 10.2. The molecule has 2 aliphatic rings. The largest absolute Gasteiger partial charge is 0.319 e. The van der Waals surface area contributed by atoms with E-state index in [0.717, 1.165) is 22.4 Å². The number of carbonyl (C=O) groups excluding carboxylic acids is 2. The molecule has 23 heavy (non-hydrogen) atoms. The van der Waals surface area contributed by atoms with Crippen LogP contribution in [0.5, 0.6) is 0 Å². The fourth-order valence-electron chi connectivity index (χ4n) is 3.25. The van der Waals surface area contributed by atoms with Gasteiger partial charge in [0.1, 0.15) is 0 Å². The van der Waals surface area contributed by atoms with Crippen LogP contribution in [0.25, 0.3) is 10.2 Å². The number of hydrogen-bond donors (Lipinski definition) is 1. The molecule has 1 aromatic heterocycles. The Morgan fingerprint density at radius 1 is 1.48 bits per heavy atom. The molecule has 120 valence electrons. The standard InChI is InChI=1S/C16H17N3O2S2/c1-2-10-3-4-11-12(9-10)23-15(17-11)18-14(21)16-6-5-13(20)19(16)7-8-22-16/h3-4,9H,2,5-8H2,1H3,(H,17,18,21)/t16-/m0/s1. The highest BCUT2D eigenvalue weighted by molar-refractivity contribution is 8.01. The minimum atomic E-state index is -0.719. The van der Waals surface area contributed by atoms with Gasteiger partial charge in [-0.3, -0.25) is 14.9 Å². The van der Waals surface area contributed by atoms with Crippen molar-refractivity contribution in [1.82, 2.24) is 9.88 Å². The van der Waals surface area contributed by atoms with E-state index in [0.29, 0.717) is 24.5 Å². The quantitative estimate of drug-likeness (QED) is 0.927. The highest BCUT2D eigenvalue weighted by Gasteiger charge is 2.54. The summed E-state index contributed by atoms with van der Waals surface area (Å²) in [6.07, 6.45) is 2.03. The van der Waals surface area contributed by atoms with Crippen molar-refractivity contribution in [2.24, 2.45) is 0 Å². The lowest BCUT2D eigenvalue weighted by molar-refractivity contribution is -0.133. The van der Waals surface area contributed by atoms with Crippen molar-refractivity contribution in [3.05, 3.63) is 23.8 Å². The topological polar surface area (TPSA) is 62.3 Å². The number of carbonyl (C=O) groups is 2. The number of hydrogen-bond acceptors (Lipinski definition) is 5. The molecular formula is C16H17N3O2S2. The first kappa shape index (κ1) is 15.0. The molecule has 1 aromatic carbocycles. The summed E-state index contributed by atoms with van der Waals surface area (Å²) in [5, 5.41) is 3.56. The predicted molar refractivity (Wildman–Crippen MR) is 93.8 cm³/mol. The molecule has 0 aliphatic carbocycles. The van der Waals surface area contributed by atoms with Crippen LogP contribution < -0.4 is 5.32 Å². The van der Waals surface area contributed by atoms with E-state index in [2.05, 4.69) is 29.4 Å². The Morgan fingerprint density at radius 2 is 2.35 bits per heavy atom. The van der Waals surface area contributed by atoms with Gasteiger partial charge in [-0.1, -0.05) is 24.3 Å². The molecule has 4 rings (SSSR count). The number of nitrogens with one attached hydrogen (secondary N) is 1. The summed E-state index contributed by atoms with van der Waals surface area (Å²) >= 11 is 3.06. The number of rotatable bonds is 3. The van der Waals surface area contributed by atoms with Gasteiger partial charge in [0.05, 0.1) is 10.2 Å². The van der Waals surface area contributed by atoms with Crippen molar-refractivity contribution in [1.29, 1.82) is 0 Å². The molecular weight excluding hydrogens is 330 g/mol. The fourth-order valence-corrected chi connectivity index (χ4v) is 5.56. The summed E-state index contributed by atoms with van der Waals surface area (Å²) in [7, 11) is 0. The first-order chi connectivity index (χ1) is 11.1. The minimum absolute atomic E-state index is 0.0852. The first-order valence-corrected chi connectivity index (χ1v) is 9.58. The number of aromatic nitrogens is 1. The minimum Gasteiger partial charge on any atom is -0.319 e. The van der Waals surface area contributed by atoms with E-state index in [1.54, 1.807) is 16.7 Å². The SMILES string of the molecule is CCc1ccc2nc(NC(=O)[C@@]34CCC(=O)N3CCS4)sc2c1. The maximum Gasteiger partial charge on any atom is 0.262 e. The molecule has 0 unspecified atom stereocenters. The van der Waals surface area contributed by atoms with Crippen molar-refractivity contribution in [2.75, 3.05) is 17.6 Å². The molecule has 2 aromatic rings. The van der Waals surface area contributed by atoms with Crippen LogP contribution in [-0.4, -0.2) is 38.9 Å². The molecule has 3 heterocycles. The van der Waals surface area contributed by atoms with Crippen molar-refractivity contribution in [3.8, 4) is 0 Å². The Labute approximate surface area is 142 Å². The molecule has 0 bridgehead atoms. The lowest BCUT2D eigenvalue weighted by Crippen LogP contribution is -2.48. The van der Waals surface area contributed by atoms with E-state index in [4.69, 9.17) is 0 Å². The number of aryl methyl sites for hydroxylation is 1. The molecule has 0 spiro atoms. The number of nitrogens with zero attached hydrogens (tertiary/aromatic N) is 2. The molecule has 2 fully saturated rings. The van der Waals surface area contributed by atoms with Crippen LogP contribution in [0, 0.1) is 0 Å². The molecule has 0 saturated carbocycles. The van der Waals surface area contributed by atoms with Crippen LogP contribution in [0.1, 0.15) is 25.3 Å². The molecule has 1 atom stereocenters. The molecule has 1 N–H and O–H groups in total. The van der Waals surface area contributed by atoms with Gasteiger partial charge in [-0.25, -0.2) is 4.98 Å². The van der Waals surface area contributed by atoms with Crippen LogP contribution in [0.15, 0.2) is 18.2 Å². The number of benzene rings is 1. The van der Waals surface area contributed by atoms with Gasteiger partial charge in [-0.2, -0.15) is 0 Å². The van der Waals surface area contributed by atoms with Crippen molar-refractivity contribution >= 4 is 50.3 Å². The van der Waals surface area contributed by atoms with E-state index in [-0.39, 0.29) is 11.8 Å². The zero-order valence-corrected chi connectivity index (χ0v) is 14.4. The third-order valence-corrected chi connectivity index (χ3v) is 6.91. The number of fused-ring (bicyclic) bond motifs is 2. The smallest absolute Gasteiger partial charge is 0.262 e. The summed E-state index contributed by atoms with van der Waals surface area (Å²) in [6.45, 7) is 2.78. The van der Waals surface area contributed by atoms with Gasteiger partial charge in [-0.05, 0) is 30.5 Å². The second-order valence-corrected chi connectivity index (χ2v) is 8.21. The summed E-state index contributed by atoms with van der Waals surface area (Å²) in [5.74, 6) is 0.793. The number of thiazole rings is 1. The van der Waals surface area contributed by atoms with E-state index in [1.807, 2.05) is 6.07 Å². The van der Waals surface area contributed by atoms with Crippen molar-refractivity contribution in [3.63, 3.8) is 0 Å². The Balaban J connectivity index is 1.60. The monoisotopic (exact) mass is 347 g/mol. The van der Waals surface area contributed by atoms with Gasteiger partial charge < -0.3 is 4.90 Å². The van der Waals surface area contributed by atoms with Gasteiger partial charge in [0.25, 0.3) is 5.91 Å². The average Bonchev–Trinajstić information content (AvgIpc) is 3.22. The highest BCUT2D eigenvalue weighted by atomic mass is 32.2. The van der Waals surface area contributed by atoms with E-state index >= 15 is 0 Å². The Hall–Kier alpha value is -1.60. The summed E-state index contributed by atoms with van der Waals surface area (Å²) in [6, 6.07) is 6.18. The molecule has 7 heteroatoms. The van der Waals surface area contributed by atoms with Crippen molar-refractivity contribution < 1.29 is 9.59 Å². The Kier molecular flexibility index (Phi) is 3.57. The van der Waals surface area contributed by atoms with E-state index < -0.39 is 4.87 Å². The molecule has 2 amide bonds. The maximum absolute atomic E-state index is 12.8. The van der Waals surface area contributed by atoms with Gasteiger partial charge in [0.2, 0.25) is 5.91 Å². The average molecular weight is 347 g/mol. The third-order valence-electron chi connectivity index (χ3n) is 4.51. The van der Waals surface area contributed by atoms with Crippen LogP contribution >= 0.6 is 23.1 Å². The fraction of sp³-hybridized carbons (Fsp3) is 0.438.